The number of morpholine rings is 1. The maximum Gasteiger partial charge on any atom is 0.314 e. The highest BCUT2D eigenvalue weighted by atomic mass is 16.8. The fraction of sp³-hybridized carbons (Fsp3) is 0.556. The fourth-order valence-corrected chi connectivity index (χ4v) is 1.58. The number of hydrogen-bond donors (Lipinski definition) is 1. The van der Waals surface area contributed by atoms with Gasteiger partial charge in [0.15, 0.2) is 0 Å². The normalized spacial score (nSPS) is 15.5. The van der Waals surface area contributed by atoms with Gasteiger partial charge < -0.3 is 19.5 Å². The maximum absolute atomic E-state index is 12.1. The predicted octanol–water partition coefficient (Wildman–Crippen LogP) is -1.26. The van der Waals surface area contributed by atoms with E-state index in [-0.39, 0.29) is 16.4 Å². The van der Waals surface area contributed by atoms with Crippen LogP contribution in [0, 0.1) is 5.21 Å². The van der Waals surface area contributed by atoms with Crippen LogP contribution in [0.25, 0.3) is 0 Å². The molecule has 0 radical (unpaired) electrons. The SMILES string of the molecule is CC(=O)Nc1c(C(=O)N2CCOCC2)no[n+]1[O-]. The summed E-state index contributed by atoms with van der Waals surface area (Å²) in [5.41, 5.74) is -0.206. The first kappa shape index (κ1) is 12.3. The summed E-state index contributed by atoms with van der Waals surface area (Å²) in [5, 5.41) is 16.8. The summed E-state index contributed by atoms with van der Waals surface area (Å²) in [5.74, 6) is -1.25. The standard InChI is InChI=1S/C9H12N4O5/c1-6(14)10-8-7(11-18-13(8)16)9(15)12-2-4-17-5-3-12/h2-5H2,1H3,(H,10,14). The largest absolute Gasteiger partial charge is 0.391 e. The topological polar surface area (TPSA) is 112 Å². The third-order valence-electron chi connectivity index (χ3n) is 2.41. The van der Waals surface area contributed by atoms with E-state index in [1.807, 2.05) is 0 Å². The highest BCUT2D eigenvalue weighted by Crippen LogP contribution is 2.12. The Morgan fingerprint density at radius 3 is 2.72 bits per heavy atom. The molecule has 1 aliphatic rings. The molecule has 9 nitrogen and oxygen atoms in total. The molecule has 9 heteroatoms. The van der Waals surface area contributed by atoms with Gasteiger partial charge in [-0.25, -0.2) is 5.32 Å². The summed E-state index contributed by atoms with van der Waals surface area (Å²) in [6.45, 7) is 2.89. The lowest BCUT2D eigenvalue weighted by atomic mass is 10.3. The smallest absolute Gasteiger partial charge is 0.314 e. The molecule has 1 aromatic rings. The number of carbonyl (C=O) groups excluding carboxylic acids is 2. The Kier molecular flexibility index (Phi) is 3.42. The van der Waals surface area contributed by atoms with Gasteiger partial charge >= 0.3 is 5.82 Å². The van der Waals surface area contributed by atoms with Crippen molar-refractivity contribution in [2.45, 2.75) is 6.92 Å². The first-order valence-corrected chi connectivity index (χ1v) is 5.34. The predicted molar refractivity (Wildman–Crippen MR) is 56.5 cm³/mol. The maximum atomic E-state index is 12.1. The van der Waals surface area contributed by atoms with Crippen LogP contribution in [-0.2, 0) is 9.53 Å². The van der Waals surface area contributed by atoms with Crippen LogP contribution < -0.4 is 10.2 Å². The molecule has 18 heavy (non-hydrogen) atoms. The molecule has 0 unspecified atom stereocenters. The van der Waals surface area contributed by atoms with Crippen molar-refractivity contribution < 1.29 is 23.9 Å². The van der Waals surface area contributed by atoms with Crippen molar-refractivity contribution in [2.75, 3.05) is 31.6 Å². The van der Waals surface area contributed by atoms with Gasteiger partial charge in [-0.05, 0) is 5.16 Å². The van der Waals surface area contributed by atoms with Gasteiger partial charge in [-0.1, -0.05) is 4.90 Å². The second-order valence-electron chi connectivity index (χ2n) is 3.71. The van der Waals surface area contributed by atoms with Crippen molar-refractivity contribution in [3.8, 4) is 0 Å². The number of nitrogens with one attached hydrogen (secondary N) is 1. The third kappa shape index (κ3) is 2.40. The third-order valence-corrected chi connectivity index (χ3v) is 2.41. The van der Waals surface area contributed by atoms with Crippen LogP contribution in [0.2, 0.25) is 0 Å². The first-order valence-electron chi connectivity index (χ1n) is 5.34. The number of rotatable bonds is 2. The van der Waals surface area contributed by atoms with E-state index in [0.717, 1.165) is 0 Å². The highest BCUT2D eigenvalue weighted by Gasteiger charge is 2.30. The van der Waals surface area contributed by atoms with Gasteiger partial charge in [-0.15, -0.1) is 0 Å². The number of carbonyl (C=O) groups is 2. The van der Waals surface area contributed by atoms with Crippen LogP contribution in [0.15, 0.2) is 4.63 Å². The molecule has 2 rings (SSSR count). The molecule has 2 amide bonds. The minimum absolute atomic E-state index is 0.00488. The van der Waals surface area contributed by atoms with E-state index in [4.69, 9.17) is 4.74 Å². The van der Waals surface area contributed by atoms with Gasteiger partial charge in [0.2, 0.25) is 0 Å². The lowest BCUT2D eigenvalue weighted by Crippen LogP contribution is -2.41. The second-order valence-corrected chi connectivity index (χ2v) is 3.71. The van der Waals surface area contributed by atoms with Crippen LogP contribution in [0.1, 0.15) is 17.4 Å². The second kappa shape index (κ2) is 5.00. The first-order chi connectivity index (χ1) is 8.59. The van der Waals surface area contributed by atoms with Crippen LogP contribution in [-0.4, -0.2) is 48.2 Å². The van der Waals surface area contributed by atoms with Gasteiger partial charge in [-0.2, -0.15) is 0 Å². The Labute approximate surface area is 102 Å². The number of amides is 2. The number of hydrogen-bond acceptors (Lipinski definition) is 6. The molecule has 1 saturated heterocycles. The zero-order valence-electron chi connectivity index (χ0n) is 9.71. The molecule has 98 valence electrons. The van der Waals surface area contributed by atoms with E-state index in [1.165, 1.54) is 11.8 Å². The van der Waals surface area contributed by atoms with Gasteiger partial charge in [-0.3, -0.25) is 9.59 Å². The van der Waals surface area contributed by atoms with Gasteiger partial charge in [0.1, 0.15) is 0 Å². The molecular formula is C9H12N4O5. The fourth-order valence-electron chi connectivity index (χ4n) is 1.58. The number of nitrogens with zero attached hydrogens (tertiary/aromatic N) is 3. The van der Waals surface area contributed by atoms with Crippen LogP contribution in [0.4, 0.5) is 5.82 Å². The summed E-state index contributed by atoms with van der Waals surface area (Å²) < 4.78 is 9.44. The average Bonchev–Trinajstić information content (AvgIpc) is 2.71. The van der Waals surface area contributed by atoms with Crippen molar-refractivity contribution in [3.05, 3.63) is 10.9 Å². The quantitative estimate of drug-likeness (QED) is 0.661. The van der Waals surface area contributed by atoms with Gasteiger partial charge in [0.05, 0.1) is 13.2 Å². The molecule has 1 aliphatic heterocycles. The van der Waals surface area contributed by atoms with E-state index in [9.17, 15) is 14.8 Å². The number of anilines is 1. The summed E-state index contributed by atoms with van der Waals surface area (Å²) in [6.07, 6.45) is 0. The van der Waals surface area contributed by atoms with Crippen LogP contribution in [0.3, 0.4) is 0 Å². The summed E-state index contributed by atoms with van der Waals surface area (Å²) >= 11 is 0. The molecule has 0 saturated carbocycles. The molecule has 1 fully saturated rings. The molecule has 0 aliphatic carbocycles. The van der Waals surface area contributed by atoms with Crippen LogP contribution >= 0.6 is 0 Å². The molecule has 1 aromatic heterocycles. The zero-order chi connectivity index (χ0) is 13.1. The van der Waals surface area contributed by atoms with E-state index in [1.54, 1.807) is 0 Å². The van der Waals surface area contributed by atoms with E-state index < -0.39 is 11.8 Å². The lowest BCUT2D eigenvalue weighted by Gasteiger charge is -2.25. The van der Waals surface area contributed by atoms with Crippen molar-refractivity contribution >= 4 is 17.6 Å². The Bertz CT molecular complexity index is 466. The minimum atomic E-state index is -0.487. The van der Waals surface area contributed by atoms with Crippen molar-refractivity contribution in [2.24, 2.45) is 0 Å². The summed E-state index contributed by atoms with van der Waals surface area (Å²) in [4.78, 5) is 24.5. The Morgan fingerprint density at radius 1 is 1.44 bits per heavy atom. The molecule has 2 heterocycles. The summed E-state index contributed by atoms with van der Waals surface area (Å²) in [7, 11) is 0. The Balaban J connectivity index is 2.21. The van der Waals surface area contributed by atoms with Crippen molar-refractivity contribution in [1.82, 2.24) is 10.1 Å². The van der Waals surface area contributed by atoms with Crippen molar-refractivity contribution in [1.29, 1.82) is 0 Å². The van der Waals surface area contributed by atoms with Crippen molar-refractivity contribution in [3.63, 3.8) is 0 Å². The van der Waals surface area contributed by atoms with E-state index in [0.29, 0.717) is 26.3 Å². The molecule has 0 bridgehead atoms. The minimum Gasteiger partial charge on any atom is -0.391 e. The molecule has 0 spiro atoms. The number of ether oxygens (including phenoxy) is 1. The lowest BCUT2D eigenvalue weighted by molar-refractivity contribution is -0.790. The van der Waals surface area contributed by atoms with Gasteiger partial charge in [0, 0.05) is 20.0 Å². The highest BCUT2D eigenvalue weighted by molar-refractivity contribution is 5.99. The zero-order valence-corrected chi connectivity index (χ0v) is 9.71. The van der Waals surface area contributed by atoms with E-state index in [2.05, 4.69) is 15.1 Å². The van der Waals surface area contributed by atoms with Crippen LogP contribution in [0.5, 0.6) is 0 Å². The Morgan fingerprint density at radius 2 is 2.11 bits per heavy atom. The Hall–Kier alpha value is -2.16. The van der Waals surface area contributed by atoms with E-state index >= 15 is 0 Å². The molecular weight excluding hydrogens is 244 g/mol. The molecule has 0 aromatic carbocycles. The number of aromatic nitrogens is 2. The molecule has 0 atom stereocenters. The summed E-state index contributed by atoms with van der Waals surface area (Å²) in [6, 6.07) is 0. The van der Waals surface area contributed by atoms with Gasteiger partial charge in [0.25, 0.3) is 17.5 Å². The monoisotopic (exact) mass is 256 g/mol. The average molecular weight is 256 g/mol. The molecule has 1 N–H and O–H groups in total.